The molecule has 1 aliphatic heterocycles. The van der Waals surface area contributed by atoms with E-state index in [1.807, 2.05) is 29.3 Å². The van der Waals surface area contributed by atoms with Crippen LogP contribution in [0.5, 0.6) is 0 Å². The zero-order chi connectivity index (χ0) is 16.5. The van der Waals surface area contributed by atoms with E-state index in [9.17, 15) is 4.79 Å². The Balaban J connectivity index is 1.32. The van der Waals surface area contributed by atoms with E-state index in [1.165, 1.54) is 0 Å². The number of fused-ring (bicyclic) bond motifs is 1. The first-order valence-corrected chi connectivity index (χ1v) is 8.88. The average molecular weight is 327 g/mol. The molecule has 4 rings (SSSR count). The molecule has 0 aromatic carbocycles. The molecule has 2 aliphatic rings. The third-order valence-corrected chi connectivity index (χ3v) is 5.31. The van der Waals surface area contributed by atoms with Crippen molar-refractivity contribution in [2.75, 3.05) is 26.2 Å². The molecule has 0 radical (unpaired) electrons. The molecule has 1 saturated carbocycles. The fourth-order valence-electron chi connectivity index (χ4n) is 3.92. The summed E-state index contributed by atoms with van der Waals surface area (Å²) in [6.07, 6.45) is 6.92. The van der Waals surface area contributed by atoms with Gasteiger partial charge in [0.15, 0.2) is 0 Å². The quantitative estimate of drug-likeness (QED) is 0.917. The van der Waals surface area contributed by atoms with Gasteiger partial charge in [0.2, 0.25) is 5.91 Å². The Morgan fingerprint density at radius 1 is 1.21 bits per heavy atom. The van der Waals surface area contributed by atoms with Gasteiger partial charge in [-0.25, -0.2) is 4.98 Å². The van der Waals surface area contributed by atoms with Gasteiger partial charge in [-0.2, -0.15) is 0 Å². The van der Waals surface area contributed by atoms with Gasteiger partial charge < -0.3 is 15.0 Å². The Morgan fingerprint density at radius 2 is 2.04 bits per heavy atom. The fourth-order valence-corrected chi connectivity index (χ4v) is 3.92. The molecule has 24 heavy (non-hydrogen) atoms. The number of hydrogen-bond acceptors (Lipinski definition) is 4. The molecule has 3 heterocycles. The van der Waals surface area contributed by atoms with Crippen molar-refractivity contribution < 1.29 is 4.79 Å². The number of carbonyl (C=O) groups is 1. The molecule has 2 atom stereocenters. The minimum atomic E-state index is 0.157. The molecule has 2 aromatic heterocycles. The maximum atomic E-state index is 12.6. The van der Waals surface area contributed by atoms with Crippen LogP contribution in [0, 0.1) is 5.92 Å². The van der Waals surface area contributed by atoms with Crippen LogP contribution in [0.2, 0.25) is 0 Å². The van der Waals surface area contributed by atoms with Crippen LogP contribution in [-0.4, -0.2) is 57.3 Å². The average Bonchev–Trinajstić information content (AvgIpc) is 3.20. The van der Waals surface area contributed by atoms with Crippen molar-refractivity contribution in [2.24, 2.45) is 11.7 Å². The van der Waals surface area contributed by atoms with E-state index in [4.69, 9.17) is 5.73 Å². The van der Waals surface area contributed by atoms with Crippen molar-refractivity contribution in [1.82, 2.24) is 19.2 Å². The predicted molar refractivity (Wildman–Crippen MR) is 92.4 cm³/mol. The van der Waals surface area contributed by atoms with Crippen molar-refractivity contribution in [3.8, 4) is 0 Å². The molecular formula is C18H25N5O. The van der Waals surface area contributed by atoms with Gasteiger partial charge in [-0.15, -0.1) is 0 Å². The van der Waals surface area contributed by atoms with Gasteiger partial charge in [0.1, 0.15) is 5.65 Å². The summed E-state index contributed by atoms with van der Waals surface area (Å²) in [7, 11) is 0. The third-order valence-electron chi connectivity index (χ3n) is 5.31. The highest BCUT2D eigenvalue weighted by molar-refractivity contribution is 5.79. The Labute approximate surface area is 142 Å². The second kappa shape index (κ2) is 6.53. The maximum Gasteiger partial charge on any atom is 0.225 e. The number of nitrogens with zero attached hydrogens (tertiary/aromatic N) is 4. The highest BCUT2D eigenvalue weighted by Crippen LogP contribution is 2.26. The van der Waals surface area contributed by atoms with Crippen LogP contribution in [0.4, 0.5) is 0 Å². The molecule has 2 fully saturated rings. The monoisotopic (exact) mass is 327 g/mol. The van der Waals surface area contributed by atoms with Gasteiger partial charge in [-0.05, 0) is 31.4 Å². The SMILES string of the molecule is N[C@H]1CC[C@@H](C(=O)N2CCN(Cc3cn4ccccc4n3)CC2)C1. The van der Waals surface area contributed by atoms with Gasteiger partial charge in [0.05, 0.1) is 5.69 Å². The largest absolute Gasteiger partial charge is 0.340 e. The molecule has 0 unspecified atom stereocenters. The van der Waals surface area contributed by atoms with Gasteiger partial charge in [0, 0.05) is 57.1 Å². The highest BCUT2D eigenvalue weighted by Gasteiger charge is 2.32. The first-order valence-electron chi connectivity index (χ1n) is 8.88. The summed E-state index contributed by atoms with van der Waals surface area (Å²) in [5, 5.41) is 0. The smallest absolute Gasteiger partial charge is 0.225 e. The van der Waals surface area contributed by atoms with Crippen LogP contribution in [-0.2, 0) is 11.3 Å². The zero-order valence-corrected chi connectivity index (χ0v) is 14.0. The lowest BCUT2D eigenvalue weighted by Crippen LogP contribution is -2.49. The summed E-state index contributed by atoms with van der Waals surface area (Å²) in [6.45, 7) is 4.31. The Bertz CT molecular complexity index is 686. The number of nitrogens with two attached hydrogens (primary N) is 1. The van der Waals surface area contributed by atoms with Crippen LogP contribution >= 0.6 is 0 Å². The number of amides is 1. The van der Waals surface area contributed by atoms with E-state index in [2.05, 4.69) is 20.5 Å². The van der Waals surface area contributed by atoms with Crippen LogP contribution in [0.25, 0.3) is 5.65 Å². The van der Waals surface area contributed by atoms with E-state index < -0.39 is 0 Å². The Hall–Kier alpha value is -1.92. The zero-order valence-electron chi connectivity index (χ0n) is 14.0. The van der Waals surface area contributed by atoms with Crippen molar-refractivity contribution in [3.05, 3.63) is 36.3 Å². The lowest BCUT2D eigenvalue weighted by molar-refractivity contribution is -0.137. The summed E-state index contributed by atoms with van der Waals surface area (Å²) in [4.78, 5) is 21.6. The number of rotatable bonds is 3. The summed E-state index contributed by atoms with van der Waals surface area (Å²) in [5.74, 6) is 0.473. The Kier molecular flexibility index (Phi) is 4.24. The minimum Gasteiger partial charge on any atom is -0.340 e. The van der Waals surface area contributed by atoms with E-state index in [0.29, 0.717) is 5.91 Å². The lowest BCUT2D eigenvalue weighted by atomic mass is 10.1. The fraction of sp³-hybridized carbons (Fsp3) is 0.556. The first kappa shape index (κ1) is 15.6. The Morgan fingerprint density at radius 3 is 2.75 bits per heavy atom. The summed E-state index contributed by atoms with van der Waals surface area (Å²) < 4.78 is 2.05. The molecule has 2 aromatic rings. The van der Waals surface area contributed by atoms with E-state index in [1.54, 1.807) is 0 Å². The molecule has 1 amide bonds. The number of imidazole rings is 1. The molecule has 6 heteroatoms. The van der Waals surface area contributed by atoms with Crippen molar-refractivity contribution in [1.29, 1.82) is 0 Å². The lowest BCUT2D eigenvalue weighted by Gasteiger charge is -2.35. The summed E-state index contributed by atoms with van der Waals surface area (Å²) in [5.41, 5.74) is 8.02. The molecule has 0 bridgehead atoms. The molecule has 2 N–H and O–H groups in total. The van der Waals surface area contributed by atoms with Crippen LogP contribution in [0.1, 0.15) is 25.0 Å². The molecule has 128 valence electrons. The van der Waals surface area contributed by atoms with Gasteiger partial charge in [-0.1, -0.05) is 6.07 Å². The molecule has 0 spiro atoms. The van der Waals surface area contributed by atoms with Crippen LogP contribution in [0.15, 0.2) is 30.6 Å². The standard InChI is InChI=1S/C18H25N5O/c19-15-5-4-14(11-15)18(24)22-9-7-21(8-10-22)12-16-13-23-6-2-1-3-17(23)20-16/h1-3,6,13-15H,4-5,7-12,19H2/t14-,15+/m1/s1. The summed E-state index contributed by atoms with van der Waals surface area (Å²) in [6, 6.07) is 6.26. The van der Waals surface area contributed by atoms with Crippen molar-refractivity contribution in [2.45, 2.75) is 31.8 Å². The van der Waals surface area contributed by atoms with E-state index >= 15 is 0 Å². The second-order valence-corrected chi connectivity index (χ2v) is 7.07. The van der Waals surface area contributed by atoms with Crippen molar-refractivity contribution in [3.63, 3.8) is 0 Å². The van der Waals surface area contributed by atoms with Gasteiger partial charge in [0.25, 0.3) is 0 Å². The topological polar surface area (TPSA) is 66.9 Å². The minimum absolute atomic E-state index is 0.157. The third kappa shape index (κ3) is 3.16. The van der Waals surface area contributed by atoms with Crippen molar-refractivity contribution >= 4 is 11.6 Å². The second-order valence-electron chi connectivity index (χ2n) is 7.07. The molecule has 6 nitrogen and oxygen atoms in total. The predicted octanol–water partition coefficient (Wildman–Crippen LogP) is 1.11. The molecule has 1 saturated heterocycles. The first-order chi connectivity index (χ1) is 11.7. The molecular weight excluding hydrogens is 302 g/mol. The number of carbonyl (C=O) groups excluding carboxylic acids is 1. The number of pyridine rings is 1. The molecule has 1 aliphatic carbocycles. The van der Waals surface area contributed by atoms with Crippen LogP contribution < -0.4 is 5.73 Å². The van der Waals surface area contributed by atoms with E-state index in [0.717, 1.165) is 63.3 Å². The number of hydrogen-bond donors (Lipinski definition) is 1. The van der Waals surface area contributed by atoms with Gasteiger partial charge >= 0.3 is 0 Å². The maximum absolute atomic E-state index is 12.6. The number of aromatic nitrogens is 2. The highest BCUT2D eigenvalue weighted by atomic mass is 16.2. The summed E-state index contributed by atoms with van der Waals surface area (Å²) >= 11 is 0. The normalized spacial score (nSPS) is 25.5. The van der Waals surface area contributed by atoms with Crippen LogP contribution in [0.3, 0.4) is 0 Å². The van der Waals surface area contributed by atoms with E-state index in [-0.39, 0.29) is 12.0 Å². The number of piperazine rings is 1. The van der Waals surface area contributed by atoms with Gasteiger partial charge in [-0.3, -0.25) is 9.69 Å².